The van der Waals surface area contributed by atoms with Gasteiger partial charge in [0.2, 0.25) is 0 Å². The van der Waals surface area contributed by atoms with Crippen molar-refractivity contribution in [1.29, 1.82) is 0 Å². The summed E-state index contributed by atoms with van der Waals surface area (Å²) in [6.07, 6.45) is 0.840. The Balaban J connectivity index is 0.00000161. The van der Waals surface area contributed by atoms with E-state index in [1.807, 2.05) is 31.3 Å². The average molecular weight is 308 g/mol. The van der Waals surface area contributed by atoms with Crippen molar-refractivity contribution in [3.8, 4) is 5.75 Å². The molecular formula is C17H19ClFNO. The Morgan fingerprint density at radius 2 is 1.90 bits per heavy atom. The van der Waals surface area contributed by atoms with Gasteiger partial charge in [-0.25, -0.2) is 4.39 Å². The van der Waals surface area contributed by atoms with Crippen LogP contribution in [0.3, 0.4) is 0 Å². The van der Waals surface area contributed by atoms with Gasteiger partial charge in [-0.05, 0) is 42.3 Å². The van der Waals surface area contributed by atoms with E-state index in [9.17, 15) is 4.39 Å². The van der Waals surface area contributed by atoms with Gasteiger partial charge in [0, 0.05) is 12.0 Å². The number of benzene rings is 2. The summed E-state index contributed by atoms with van der Waals surface area (Å²) in [6, 6.07) is 14.1. The van der Waals surface area contributed by atoms with Gasteiger partial charge >= 0.3 is 0 Å². The molecule has 1 N–H and O–H groups in total. The first-order chi connectivity index (χ1) is 9.74. The molecule has 0 saturated carbocycles. The van der Waals surface area contributed by atoms with Crippen molar-refractivity contribution in [2.75, 3.05) is 14.2 Å². The summed E-state index contributed by atoms with van der Waals surface area (Å²) in [5, 5.41) is 3.35. The van der Waals surface area contributed by atoms with Crippen molar-refractivity contribution < 1.29 is 9.13 Å². The van der Waals surface area contributed by atoms with E-state index < -0.39 is 0 Å². The number of ether oxygens (including phenoxy) is 1. The first-order valence-corrected chi connectivity index (χ1v) is 6.83. The van der Waals surface area contributed by atoms with E-state index in [4.69, 9.17) is 4.74 Å². The molecule has 0 aromatic heterocycles. The fraction of sp³-hybridized carbons (Fsp3) is 0.294. The predicted molar refractivity (Wildman–Crippen MR) is 85.0 cm³/mol. The monoisotopic (exact) mass is 307 g/mol. The Morgan fingerprint density at radius 1 is 1.19 bits per heavy atom. The zero-order valence-electron chi connectivity index (χ0n) is 12.1. The van der Waals surface area contributed by atoms with Crippen LogP contribution in [0.4, 0.5) is 4.39 Å². The topological polar surface area (TPSA) is 21.3 Å². The van der Waals surface area contributed by atoms with Crippen LogP contribution in [-0.4, -0.2) is 20.2 Å². The average Bonchev–Trinajstić information content (AvgIpc) is 2.84. The van der Waals surface area contributed by atoms with E-state index >= 15 is 0 Å². The van der Waals surface area contributed by atoms with Crippen LogP contribution in [0.5, 0.6) is 5.75 Å². The summed E-state index contributed by atoms with van der Waals surface area (Å²) >= 11 is 0. The van der Waals surface area contributed by atoms with E-state index in [1.165, 1.54) is 12.7 Å². The van der Waals surface area contributed by atoms with Gasteiger partial charge in [-0.2, -0.15) is 0 Å². The lowest BCUT2D eigenvalue weighted by Crippen LogP contribution is -2.29. The molecule has 0 amide bonds. The Bertz CT molecular complexity index is 618. The summed E-state index contributed by atoms with van der Waals surface area (Å²) in [7, 11) is 3.47. The van der Waals surface area contributed by atoms with Gasteiger partial charge in [-0.1, -0.05) is 30.3 Å². The molecule has 2 aromatic rings. The van der Waals surface area contributed by atoms with Crippen LogP contribution >= 0.6 is 12.4 Å². The molecule has 0 spiro atoms. The van der Waals surface area contributed by atoms with Gasteiger partial charge in [0.05, 0.1) is 7.11 Å². The Labute approximate surface area is 130 Å². The molecule has 0 bridgehead atoms. The summed E-state index contributed by atoms with van der Waals surface area (Å²) in [6.45, 7) is 0. The van der Waals surface area contributed by atoms with Gasteiger partial charge in [0.15, 0.2) is 11.6 Å². The van der Waals surface area contributed by atoms with Crippen LogP contribution in [0.15, 0.2) is 42.5 Å². The molecule has 112 valence electrons. The third kappa shape index (κ3) is 2.76. The Kier molecular flexibility index (Phi) is 4.86. The number of rotatable bonds is 3. The minimum Gasteiger partial charge on any atom is -0.494 e. The third-order valence-corrected chi connectivity index (χ3v) is 4.12. The van der Waals surface area contributed by atoms with Gasteiger partial charge in [0.25, 0.3) is 0 Å². The molecule has 2 aromatic carbocycles. The zero-order chi connectivity index (χ0) is 14.1. The normalized spacial score (nSPS) is 19.8. The molecule has 0 heterocycles. The second-order valence-electron chi connectivity index (χ2n) is 5.17. The van der Waals surface area contributed by atoms with Crippen molar-refractivity contribution in [3.63, 3.8) is 0 Å². The third-order valence-electron chi connectivity index (χ3n) is 4.12. The molecule has 2 nitrogen and oxygen atoms in total. The standard InChI is InChI=1S/C17H18FNO.ClH/c1-19-15-9-12-8-14(18)16(20-2)10-13(12)17(15)11-6-4-3-5-7-11;/h3-8,10,15,17,19H,9H2,1-2H3;1H/t15-,17-;/m1./s1. The number of methoxy groups -OCH3 is 1. The van der Waals surface area contributed by atoms with Crippen LogP contribution in [0, 0.1) is 5.82 Å². The van der Waals surface area contributed by atoms with Crippen molar-refractivity contribution in [2.24, 2.45) is 0 Å². The number of fused-ring (bicyclic) bond motifs is 1. The van der Waals surface area contributed by atoms with Crippen molar-refractivity contribution in [1.82, 2.24) is 5.32 Å². The minimum atomic E-state index is -0.283. The molecule has 0 saturated heterocycles. The number of likely N-dealkylation sites (N-methyl/N-ethyl adjacent to an activating group) is 1. The molecule has 1 aliphatic carbocycles. The van der Waals surface area contributed by atoms with Gasteiger partial charge < -0.3 is 10.1 Å². The second-order valence-corrected chi connectivity index (χ2v) is 5.17. The Morgan fingerprint density at radius 3 is 2.52 bits per heavy atom. The van der Waals surface area contributed by atoms with E-state index in [2.05, 4.69) is 17.4 Å². The van der Waals surface area contributed by atoms with E-state index in [0.717, 1.165) is 17.5 Å². The molecule has 4 heteroatoms. The molecule has 1 aliphatic rings. The first kappa shape index (κ1) is 15.8. The molecule has 0 aliphatic heterocycles. The maximum absolute atomic E-state index is 13.9. The van der Waals surface area contributed by atoms with Crippen molar-refractivity contribution in [3.05, 3.63) is 65.0 Å². The first-order valence-electron chi connectivity index (χ1n) is 6.83. The SMILES string of the molecule is CN[C@@H]1Cc2cc(F)c(OC)cc2[C@H]1c1ccccc1.Cl. The second kappa shape index (κ2) is 6.46. The molecule has 2 atom stereocenters. The zero-order valence-corrected chi connectivity index (χ0v) is 12.9. The predicted octanol–water partition coefficient (Wildman–Crippen LogP) is 3.53. The summed E-state index contributed by atoms with van der Waals surface area (Å²) in [5.41, 5.74) is 3.48. The number of nitrogens with one attached hydrogen (secondary N) is 1. The highest BCUT2D eigenvalue weighted by Crippen LogP contribution is 2.40. The summed E-state index contributed by atoms with van der Waals surface area (Å²) in [5.74, 6) is 0.280. The maximum Gasteiger partial charge on any atom is 0.165 e. The highest BCUT2D eigenvalue weighted by Gasteiger charge is 2.33. The van der Waals surface area contributed by atoms with Gasteiger partial charge in [-0.15, -0.1) is 12.4 Å². The molecule has 0 unspecified atom stereocenters. The smallest absolute Gasteiger partial charge is 0.165 e. The van der Waals surface area contributed by atoms with E-state index in [0.29, 0.717) is 11.8 Å². The number of hydrogen-bond acceptors (Lipinski definition) is 2. The number of hydrogen-bond donors (Lipinski definition) is 1. The quantitative estimate of drug-likeness (QED) is 0.936. The molecule has 21 heavy (non-hydrogen) atoms. The van der Waals surface area contributed by atoms with Crippen LogP contribution in [0.25, 0.3) is 0 Å². The number of halogens is 2. The van der Waals surface area contributed by atoms with Crippen LogP contribution < -0.4 is 10.1 Å². The van der Waals surface area contributed by atoms with Crippen LogP contribution in [-0.2, 0) is 6.42 Å². The van der Waals surface area contributed by atoms with Crippen molar-refractivity contribution in [2.45, 2.75) is 18.4 Å². The molecular weight excluding hydrogens is 289 g/mol. The van der Waals surface area contributed by atoms with E-state index in [1.54, 1.807) is 6.07 Å². The van der Waals surface area contributed by atoms with Gasteiger partial charge in [0.1, 0.15) is 0 Å². The molecule has 0 fully saturated rings. The lowest BCUT2D eigenvalue weighted by molar-refractivity contribution is 0.385. The fourth-order valence-corrected chi connectivity index (χ4v) is 3.15. The Hall–Kier alpha value is -1.58. The molecule has 3 rings (SSSR count). The van der Waals surface area contributed by atoms with Crippen molar-refractivity contribution >= 4 is 12.4 Å². The largest absolute Gasteiger partial charge is 0.494 e. The maximum atomic E-state index is 13.9. The lowest BCUT2D eigenvalue weighted by atomic mass is 9.90. The summed E-state index contributed by atoms with van der Waals surface area (Å²) < 4.78 is 19.0. The van der Waals surface area contributed by atoms with Crippen LogP contribution in [0.1, 0.15) is 22.6 Å². The highest BCUT2D eigenvalue weighted by molar-refractivity contribution is 5.85. The van der Waals surface area contributed by atoms with Crippen LogP contribution in [0.2, 0.25) is 0 Å². The summed E-state index contributed by atoms with van der Waals surface area (Å²) in [4.78, 5) is 0. The van der Waals surface area contributed by atoms with Gasteiger partial charge in [-0.3, -0.25) is 0 Å². The fourth-order valence-electron chi connectivity index (χ4n) is 3.15. The minimum absolute atomic E-state index is 0. The molecule has 0 radical (unpaired) electrons. The highest BCUT2D eigenvalue weighted by atomic mass is 35.5. The lowest BCUT2D eigenvalue weighted by Gasteiger charge is -2.20. The van der Waals surface area contributed by atoms with E-state index in [-0.39, 0.29) is 24.1 Å².